The van der Waals surface area contributed by atoms with Crippen LogP contribution in [0.3, 0.4) is 0 Å². The number of piperazine rings is 1. The highest BCUT2D eigenvalue weighted by atomic mass is 35.5. The van der Waals surface area contributed by atoms with Gasteiger partial charge in [0.15, 0.2) is 0 Å². The first-order chi connectivity index (χ1) is 10.8. The van der Waals surface area contributed by atoms with Crippen LogP contribution in [0.5, 0.6) is 5.75 Å². The smallest absolute Gasteiger partial charge is 0.126 e. The summed E-state index contributed by atoms with van der Waals surface area (Å²) < 4.78 is 19.1. The lowest BCUT2D eigenvalue weighted by molar-refractivity contribution is 0.101. The second-order valence-electron chi connectivity index (χ2n) is 6.52. The first-order valence-electron chi connectivity index (χ1n) is 8.58. The summed E-state index contributed by atoms with van der Waals surface area (Å²) in [7, 11) is 1.65. The molecule has 6 heteroatoms. The molecule has 3 nitrogen and oxygen atoms in total. The van der Waals surface area contributed by atoms with Gasteiger partial charge in [0.05, 0.1) is 7.11 Å². The second-order valence-corrected chi connectivity index (χ2v) is 6.52. The molecule has 0 spiro atoms. The van der Waals surface area contributed by atoms with Crippen molar-refractivity contribution < 1.29 is 9.13 Å². The summed E-state index contributed by atoms with van der Waals surface area (Å²) in [6, 6.07) is 5.41. The Labute approximate surface area is 157 Å². The summed E-state index contributed by atoms with van der Waals surface area (Å²) in [4.78, 5) is 2.57. The van der Waals surface area contributed by atoms with Crippen LogP contribution in [0.1, 0.15) is 43.7 Å². The highest BCUT2D eigenvalue weighted by Crippen LogP contribution is 2.41. The van der Waals surface area contributed by atoms with E-state index in [1.807, 2.05) is 6.07 Å². The van der Waals surface area contributed by atoms with Gasteiger partial charge in [-0.1, -0.05) is 25.3 Å². The van der Waals surface area contributed by atoms with Gasteiger partial charge in [-0.15, -0.1) is 24.8 Å². The van der Waals surface area contributed by atoms with Crippen LogP contribution >= 0.6 is 24.8 Å². The van der Waals surface area contributed by atoms with E-state index in [-0.39, 0.29) is 30.6 Å². The molecular formula is C18H29Cl2FN2O. The average molecular weight is 379 g/mol. The number of benzene rings is 1. The highest BCUT2D eigenvalue weighted by molar-refractivity contribution is 5.85. The molecule has 1 aliphatic heterocycles. The monoisotopic (exact) mass is 378 g/mol. The fraction of sp³-hybridized carbons (Fsp3) is 0.667. The molecular weight excluding hydrogens is 350 g/mol. The van der Waals surface area contributed by atoms with Crippen LogP contribution in [0, 0.1) is 11.7 Å². The minimum absolute atomic E-state index is 0. The summed E-state index contributed by atoms with van der Waals surface area (Å²) >= 11 is 0. The van der Waals surface area contributed by atoms with Crippen LogP contribution in [0.25, 0.3) is 0 Å². The molecule has 1 N–H and O–H groups in total. The van der Waals surface area contributed by atoms with Crippen LogP contribution < -0.4 is 10.1 Å². The zero-order chi connectivity index (χ0) is 15.4. The summed E-state index contributed by atoms with van der Waals surface area (Å²) in [5, 5.41) is 3.43. The van der Waals surface area contributed by atoms with E-state index in [1.54, 1.807) is 13.2 Å². The molecule has 138 valence electrons. The number of hydrogen-bond donors (Lipinski definition) is 1. The van der Waals surface area contributed by atoms with Crippen molar-refractivity contribution in [1.29, 1.82) is 0 Å². The van der Waals surface area contributed by atoms with Gasteiger partial charge in [-0.25, -0.2) is 4.39 Å². The van der Waals surface area contributed by atoms with Gasteiger partial charge in [0.25, 0.3) is 0 Å². The Balaban J connectivity index is 0.00000144. The Morgan fingerprint density at radius 3 is 2.42 bits per heavy atom. The van der Waals surface area contributed by atoms with Gasteiger partial charge in [-0.05, 0) is 24.8 Å². The van der Waals surface area contributed by atoms with Crippen LogP contribution in [0.2, 0.25) is 0 Å². The van der Waals surface area contributed by atoms with Crippen molar-refractivity contribution in [3.63, 3.8) is 0 Å². The maximum absolute atomic E-state index is 13.6. The van der Waals surface area contributed by atoms with Crippen LogP contribution in [-0.2, 0) is 0 Å². The van der Waals surface area contributed by atoms with E-state index in [9.17, 15) is 4.39 Å². The molecule has 1 aromatic carbocycles. The van der Waals surface area contributed by atoms with E-state index >= 15 is 0 Å². The Morgan fingerprint density at radius 2 is 1.79 bits per heavy atom. The van der Waals surface area contributed by atoms with Gasteiger partial charge in [-0.3, -0.25) is 4.90 Å². The third-order valence-corrected chi connectivity index (χ3v) is 5.16. The molecule has 0 amide bonds. The highest BCUT2D eigenvalue weighted by Gasteiger charge is 2.32. The topological polar surface area (TPSA) is 24.5 Å². The van der Waals surface area contributed by atoms with Gasteiger partial charge >= 0.3 is 0 Å². The number of methoxy groups -OCH3 is 1. The van der Waals surface area contributed by atoms with Crippen molar-refractivity contribution in [1.82, 2.24) is 10.2 Å². The van der Waals surface area contributed by atoms with E-state index < -0.39 is 0 Å². The largest absolute Gasteiger partial charge is 0.496 e. The van der Waals surface area contributed by atoms with Crippen molar-refractivity contribution in [3.05, 3.63) is 29.6 Å². The minimum Gasteiger partial charge on any atom is -0.496 e. The maximum atomic E-state index is 13.6. The molecule has 1 aliphatic carbocycles. The van der Waals surface area contributed by atoms with E-state index in [4.69, 9.17) is 4.74 Å². The van der Waals surface area contributed by atoms with Gasteiger partial charge in [-0.2, -0.15) is 0 Å². The van der Waals surface area contributed by atoms with E-state index in [0.717, 1.165) is 31.7 Å². The predicted molar refractivity (Wildman–Crippen MR) is 101 cm³/mol. The van der Waals surface area contributed by atoms with Gasteiger partial charge in [0.1, 0.15) is 11.6 Å². The fourth-order valence-electron chi connectivity index (χ4n) is 4.09. The van der Waals surface area contributed by atoms with Gasteiger partial charge < -0.3 is 10.1 Å². The first kappa shape index (κ1) is 21.5. The number of hydrogen-bond acceptors (Lipinski definition) is 3. The first-order valence-corrected chi connectivity index (χ1v) is 8.58. The zero-order valence-corrected chi connectivity index (χ0v) is 15.9. The van der Waals surface area contributed by atoms with Crippen LogP contribution in [0.15, 0.2) is 18.2 Å². The normalized spacial score (nSPS) is 20.6. The molecule has 1 saturated heterocycles. The fourth-order valence-corrected chi connectivity index (χ4v) is 4.09. The molecule has 1 heterocycles. The number of ether oxygens (including phenoxy) is 1. The second kappa shape index (κ2) is 10.4. The summed E-state index contributed by atoms with van der Waals surface area (Å²) in [5.41, 5.74) is 1.16. The molecule has 0 unspecified atom stereocenters. The third-order valence-electron chi connectivity index (χ3n) is 5.16. The number of nitrogens with zero attached hydrogens (tertiary/aromatic N) is 1. The lowest BCUT2D eigenvalue weighted by Gasteiger charge is -2.41. The van der Waals surface area contributed by atoms with E-state index in [2.05, 4.69) is 10.2 Å². The average Bonchev–Trinajstić information content (AvgIpc) is 2.58. The zero-order valence-electron chi connectivity index (χ0n) is 14.3. The van der Waals surface area contributed by atoms with Crippen molar-refractivity contribution >= 4 is 24.8 Å². The van der Waals surface area contributed by atoms with E-state index in [1.165, 1.54) is 38.2 Å². The molecule has 2 aliphatic rings. The molecule has 24 heavy (non-hydrogen) atoms. The summed E-state index contributed by atoms with van der Waals surface area (Å²) in [5.74, 6) is 1.14. The molecule has 0 radical (unpaired) electrons. The number of rotatable bonds is 4. The van der Waals surface area contributed by atoms with Crippen LogP contribution in [-0.4, -0.2) is 38.2 Å². The molecule has 1 saturated carbocycles. The Bertz CT molecular complexity index is 474. The minimum atomic E-state index is -0.219. The molecule has 0 bridgehead atoms. The summed E-state index contributed by atoms with van der Waals surface area (Å²) in [6.45, 7) is 4.18. The Morgan fingerprint density at radius 1 is 1.12 bits per heavy atom. The Kier molecular flexibility index (Phi) is 9.35. The lowest BCUT2D eigenvalue weighted by Crippen LogP contribution is -2.47. The standard InChI is InChI=1S/C18H27FN2O.2ClH/c1-22-17-13-15(19)7-8-16(17)18(14-5-3-2-4-6-14)21-11-9-20-10-12-21;;/h7-8,13-14,18,20H,2-6,9-12H2,1H3;2*1H/t18-;;/m1../s1. The van der Waals surface area contributed by atoms with Gasteiger partial charge in [0.2, 0.25) is 0 Å². The van der Waals surface area contributed by atoms with Crippen molar-refractivity contribution in [2.45, 2.75) is 38.1 Å². The summed E-state index contributed by atoms with van der Waals surface area (Å²) in [6.07, 6.45) is 6.53. The Hall–Kier alpha value is -0.550. The van der Waals surface area contributed by atoms with Crippen molar-refractivity contribution in [2.75, 3.05) is 33.3 Å². The van der Waals surface area contributed by atoms with Crippen molar-refractivity contribution in [2.24, 2.45) is 5.92 Å². The van der Waals surface area contributed by atoms with Crippen LogP contribution in [0.4, 0.5) is 4.39 Å². The van der Waals surface area contributed by atoms with Gasteiger partial charge in [0, 0.05) is 43.9 Å². The number of halogens is 3. The molecule has 2 fully saturated rings. The SMILES string of the molecule is COc1cc(F)ccc1[C@@H](C1CCCCC1)N1CCNCC1.Cl.Cl. The number of nitrogens with one attached hydrogen (secondary N) is 1. The quantitative estimate of drug-likeness (QED) is 0.849. The molecule has 3 rings (SSSR count). The molecule has 1 aromatic rings. The third kappa shape index (κ3) is 4.98. The molecule has 0 aromatic heterocycles. The lowest BCUT2D eigenvalue weighted by atomic mass is 9.80. The van der Waals surface area contributed by atoms with E-state index in [0.29, 0.717) is 17.7 Å². The predicted octanol–water partition coefficient (Wildman–Crippen LogP) is 4.20. The molecule has 1 atom stereocenters. The van der Waals surface area contributed by atoms with Crippen molar-refractivity contribution in [3.8, 4) is 5.75 Å². The maximum Gasteiger partial charge on any atom is 0.126 e.